The highest BCUT2D eigenvalue weighted by molar-refractivity contribution is 5.83. The average molecular weight is 539 g/mol. The Balaban J connectivity index is 1.24. The predicted molar refractivity (Wildman–Crippen MR) is 142 cm³/mol. The van der Waals surface area contributed by atoms with Crippen LogP contribution < -0.4 is 10.1 Å². The van der Waals surface area contributed by atoms with E-state index in [4.69, 9.17) is 4.74 Å². The van der Waals surface area contributed by atoms with Crippen molar-refractivity contribution in [2.24, 2.45) is 7.05 Å². The fourth-order valence-corrected chi connectivity index (χ4v) is 4.49. The fourth-order valence-electron chi connectivity index (χ4n) is 4.49. The van der Waals surface area contributed by atoms with Crippen LogP contribution in [0.15, 0.2) is 60.8 Å². The summed E-state index contributed by atoms with van der Waals surface area (Å²) in [6.07, 6.45) is -2.52. The second kappa shape index (κ2) is 11.0. The molecule has 2 aromatic carbocycles. The van der Waals surface area contributed by atoms with Gasteiger partial charge >= 0.3 is 6.18 Å². The van der Waals surface area contributed by atoms with Crippen molar-refractivity contribution in [2.45, 2.75) is 12.6 Å². The number of ether oxygens (including phenoxy) is 1. The van der Waals surface area contributed by atoms with E-state index < -0.39 is 11.7 Å². The smallest absolute Gasteiger partial charge is 0.416 e. The molecular formula is C28H29F3N6O2. The Labute approximate surface area is 224 Å². The van der Waals surface area contributed by atoms with Gasteiger partial charge in [-0.15, -0.1) is 0 Å². The van der Waals surface area contributed by atoms with Crippen LogP contribution in [0.25, 0.3) is 11.0 Å². The third-order valence-corrected chi connectivity index (χ3v) is 6.72. The molecule has 0 spiro atoms. The van der Waals surface area contributed by atoms with Gasteiger partial charge in [0.2, 0.25) is 5.95 Å². The molecule has 11 heteroatoms. The van der Waals surface area contributed by atoms with Gasteiger partial charge in [0, 0.05) is 57.2 Å². The van der Waals surface area contributed by atoms with Crippen LogP contribution in [0.4, 0.5) is 24.8 Å². The van der Waals surface area contributed by atoms with E-state index in [2.05, 4.69) is 32.1 Å². The molecule has 5 rings (SSSR count). The van der Waals surface area contributed by atoms with E-state index in [1.54, 1.807) is 24.4 Å². The van der Waals surface area contributed by atoms with E-state index in [1.807, 2.05) is 23.7 Å². The zero-order valence-electron chi connectivity index (χ0n) is 21.7. The standard InChI is InChI=1S/C28H29F3N6O2/c1-35-11-13-37(14-12-35)18-22(38)15-21-16-24(9-10-32-21)39-23-7-8-26-25(17-23)34-27(36(26)2)33-20-5-3-19(4-6-20)28(29,30)31/h3-10,16-17H,11-15,18H2,1-2H3,(H,33,34). The fraction of sp³-hybridized carbons (Fsp3) is 0.321. The van der Waals surface area contributed by atoms with Crippen molar-refractivity contribution in [1.82, 2.24) is 24.3 Å². The number of ketones is 1. The molecule has 1 aliphatic heterocycles. The Morgan fingerprint density at radius 3 is 2.41 bits per heavy atom. The first kappa shape index (κ1) is 26.6. The van der Waals surface area contributed by atoms with Crippen molar-refractivity contribution in [1.29, 1.82) is 0 Å². The lowest BCUT2D eigenvalue weighted by atomic mass is 10.2. The highest BCUT2D eigenvalue weighted by atomic mass is 19.4. The summed E-state index contributed by atoms with van der Waals surface area (Å²) in [5.41, 5.74) is 1.90. The van der Waals surface area contributed by atoms with Gasteiger partial charge in [-0.1, -0.05) is 0 Å². The van der Waals surface area contributed by atoms with Crippen molar-refractivity contribution >= 4 is 28.5 Å². The number of halogens is 3. The molecule has 0 atom stereocenters. The number of piperazine rings is 1. The van der Waals surface area contributed by atoms with Crippen LogP contribution in [0, 0.1) is 0 Å². The van der Waals surface area contributed by atoms with Crippen LogP contribution in [0.5, 0.6) is 11.5 Å². The topological polar surface area (TPSA) is 75.5 Å². The number of aryl methyl sites for hydroxylation is 1. The third-order valence-electron chi connectivity index (χ3n) is 6.72. The van der Waals surface area contributed by atoms with Gasteiger partial charge in [0.05, 0.1) is 35.3 Å². The molecule has 39 heavy (non-hydrogen) atoms. The number of carbonyl (C=O) groups is 1. The summed E-state index contributed by atoms with van der Waals surface area (Å²) in [5, 5.41) is 3.06. The summed E-state index contributed by atoms with van der Waals surface area (Å²) in [5.74, 6) is 1.72. The van der Waals surface area contributed by atoms with Gasteiger partial charge < -0.3 is 19.5 Å². The number of imidazole rings is 1. The molecule has 8 nitrogen and oxygen atoms in total. The lowest BCUT2D eigenvalue weighted by Crippen LogP contribution is -2.46. The lowest BCUT2D eigenvalue weighted by molar-refractivity contribution is -0.137. The van der Waals surface area contributed by atoms with Crippen molar-refractivity contribution in [3.05, 3.63) is 72.1 Å². The molecule has 0 saturated carbocycles. The molecule has 204 valence electrons. The Hall–Kier alpha value is -3.96. The maximum atomic E-state index is 12.8. The molecule has 0 aliphatic carbocycles. The molecule has 3 heterocycles. The largest absolute Gasteiger partial charge is 0.457 e. The predicted octanol–water partition coefficient (Wildman–Crippen LogP) is 4.88. The minimum Gasteiger partial charge on any atom is -0.457 e. The van der Waals surface area contributed by atoms with Crippen LogP contribution in [-0.2, 0) is 24.4 Å². The number of hydrogen-bond donors (Lipinski definition) is 1. The third kappa shape index (κ3) is 6.55. The summed E-state index contributed by atoms with van der Waals surface area (Å²) >= 11 is 0. The van der Waals surface area contributed by atoms with E-state index in [0.717, 1.165) is 43.8 Å². The number of hydrogen-bond acceptors (Lipinski definition) is 7. The van der Waals surface area contributed by atoms with Crippen molar-refractivity contribution in [3.8, 4) is 11.5 Å². The summed E-state index contributed by atoms with van der Waals surface area (Å²) < 4.78 is 46.4. The summed E-state index contributed by atoms with van der Waals surface area (Å²) in [6.45, 7) is 4.11. The zero-order chi connectivity index (χ0) is 27.6. The van der Waals surface area contributed by atoms with Gasteiger partial charge in [-0.3, -0.25) is 14.7 Å². The van der Waals surface area contributed by atoms with Crippen LogP contribution in [0.3, 0.4) is 0 Å². The summed E-state index contributed by atoms with van der Waals surface area (Å²) in [7, 11) is 3.90. The average Bonchev–Trinajstić information content (AvgIpc) is 3.19. The second-order valence-electron chi connectivity index (χ2n) is 9.72. The molecule has 0 amide bonds. The number of benzene rings is 2. The number of carbonyl (C=O) groups excluding carboxylic acids is 1. The Morgan fingerprint density at radius 1 is 0.974 bits per heavy atom. The minimum atomic E-state index is -4.39. The number of Topliss-reactive ketones (excluding diaryl/α,β-unsaturated/α-hetero) is 1. The van der Waals surface area contributed by atoms with E-state index in [-0.39, 0.29) is 12.2 Å². The number of likely N-dealkylation sites (N-methyl/N-ethyl adjacent to an activating group) is 1. The van der Waals surface area contributed by atoms with Gasteiger partial charge in [-0.05, 0) is 49.5 Å². The Kier molecular flexibility index (Phi) is 7.53. The molecule has 4 aromatic rings. The van der Waals surface area contributed by atoms with Gasteiger partial charge in [0.25, 0.3) is 0 Å². The molecule has 0 bridgehead atoms. The van der Waals surface area contributed by atoms with E-state index >= 15 is 0 Å². The van der Waals surface area contributed by atoms with Crippen molar-refractivity contribution in [2.75, 3.05) is 45.1 Å². The molecular weight excluding hydrogens is 509 g/mol. The molecule has 1 N–H and O–H groups in total. The molecule has 1 fully saturated rings. The van der Waals surface area contributed by atoms with Crippen molar-refractivity contribution in [3.63, 3.8) is 0 Å². The molecule has 1 saturated heterocycles. The SMILES string of the molecule is CN1CCN(CC(=O)Cc2cc(Oc3ccc4c(c3)nc(Nc3ccc(C(F)(F)F)cc3)n4C)ccn2)CC1. The van der Waals surface area contributed by atoms with Crippen LogP contribution in [-0.4, -0.2) is 69.9 Å². The molecule has 2 aromatic heterocycles. The van der Waals surface area contributed by atoms with Gasteiger partial charge in [-0.25, -0.2) is 4.98 Å². The van der Waals surface area contributed by atoms with Crippen molar-refractivity contribution < 1.29 is 22.7 Å². The second-order valence-corrected chi connectivity index (χ2v) is 9.72. The summed E-state index contributed by atoms with van der Waals surface area (Å²) in [6, 6.07) is 13.7. The molecule has 1 aliphatic rings. The molecule has 0 unspecified atom stereocenters. The van der Waals surface area contributed by atoms with Gasteiger partial charge in [0.15, 0.2) is 5.78 Å². The number of fused-ring (bicyclic) bond motifs is 1. The highest BCUT2D eigenvalue weighted by Gasteiger charge is 2.30. The minimum absolute atomic E-state index is 0.118. The quantitative estimate of drug-likeness (QED) is 0.343. The maximum absolute atomic E-state index is 12.8. The van der Waals surface area contributed by atoms with Gasteiger partial charge in [-0.2, -0.15) is 13.2 Å². The number of aromatic nitrogens is 3. The van der Waals surface area contributed by atoms with E-state index in [0.29, 0.717) is 40.9 Å². The van der Waals surface area contributed by atoms with Crippen LogP contribution >= 0.6 is 0 Å². The first-order valence-electron chi connectivity index (χ1n) is 12.6. The Morgan fingerprint density at radius 2 is 1.69 bits per heavy atom. The monoisotopic (exact) mass is 538 g/mol. The number of alkyl halides is 3. The highest BCUT2D eigenvalue weighted by Crippen LogP contribution is 2.31. The van der Waals surface area contributed by atoms with E-state index in [9.17, 15) is 18.0 Å². The first-order chi connectivity index (χ1) is 18.6. The van der Waals surface area contributed by atoms with Crippen LogP contribution in [0.2, 0.25) is 0 Å². The number of nitrogens with zero attached hydrogens (tertiary/aromatic N) is 5. The molecule has 0 radical (unpaired) electrons. The number of rotatable bonds is 8. The van der Waals surface area contributed by atoms with E-state index in [1.165, 1.54) is 12.1 Å². The van der Waals surface area contributed by atoms with Crippen LogP contribution in [0.1, 0.15) is 11.3 Å². The summed E-state index contributed by atoms with van der Waals surface area (Å²) in [4.78, 5) is 25.9. The maximum Gasteiger partial charge on any atom is 0.416 e. The zero-order valence-corrected chi connectivity index (χ0v) is 21.7. The number of anilines is 2. The lowest BCUT2D eigenvalue weighted by Gasteiger charge is -2.31. The van der Waals surface area contributed by atoms with Gasteiger partial charge in [0.1, 0.15) is 11.5 Å². The Bertz CT molecular complexity index is 1460. The number of nitrogens with one attached hydrogen (secondary N) is 1. The first-order valence-corrected chi connectivity index (χ1v) is 12.6. The normalized spacial score (nSPS) is 15.0. The number of pyridine rings is 1.